The van der Waals surface area contributed by atoms with E-state index in [1.165, 1.54) is 38.8 Å². The van der Waals surface area contributed by atoms with Crippen molar-refractivity contribution in [1.82, 2.24) is 14.8 Å². The summed E-state index contributed by atoms with van der Waals surface area (Å²) in [5, 5.41) is 3.09. The predicted octanol–water partition coefficient (Wildman–Crippen LogP) is 2.50. The van der Waals surface area contributed by atoms with Crippen molar-refractivity contribution in [2.45, 2.75) is 65.0 Å². The highest BCUT2D eigenvalue weighted by Gasteiger charge is 2.33. The second-order valence-electron chi connectivity index (χ2n) is 8.36. The number of aryl methyl sites for hydroxylation is 2. The normalized spacial score (nSPS) is 22.7. The molecule has 0 radical (unpaired) electrons. The molecule has 2 saturated heterocycles. The van der Waals surface area contributed by atoms with E-state index in [1.54, 1.807) is 11.7 Å². The number of fused-ring (bicyclic) bond motifs is 1. The summed E-state index contributed by atoms with van der Waals surface area (Å²) < 4.78 is 6.79. The van der Waals surface area contributed by atoms with Crippen LogP contribution in [0.25, 0.3) is 0 Å². The van der Waals surface area contributed by atoms with E-state index in [-0.39, 0.29) is 11.5 Å². The number of nitrogens with one attached hydrogen (secondary N) is 1. The maximum Gasteiger partial charge on any atom is 0.263 e. The highest BCUT2D eigenvalue weighted by atomic mass is 16.5. The lowest BCUT2D eigenvalue weighted by Gasteiger charge is -2.44. The number of carbonyl (C=O) groups excluding carboxylic acids is 1. The Hall–Kier alpha value is -1.66. The van der Waals surface area contributed by atoms with E-state index in [9.17, 15) is 9.59 Å². The summed E-state index contributed by atoms with van der Waals surface area (Å²) in [6.45, 7) is 7.99. The molecule has 3 rings (SSSR count). The van der Waals surface area contributed by atoms with Crippen LogP contribution in [0.5, 0.6) is 0 Å². The molecule has 156 valence electrons. The number of piperidine rings is 2. The minimum absolute atomic E-state index is 0.186. The molecule has 3 heterocycles. The largest absolute Gasteiger partial charge is 0.385 e. The molecule has 1 aromatic rings. The summed E-state index contributed by atoms with van der Waals surface area (Å²) in [6, 6.07) is 2.53. The van der Waals surface area contributed by atoms with Crippen LogP contribution in [0.1, 0.15) is 60.1 Å². The Morgan fingerprint density at radius 3 is 2.79 bits per heavy atom. The maximum absolute atomic E-state index is 13.0. The van der Waals surface area contributed by atoms with E-state index in [0.29, 0.717) is 37.2 Å². The van der Waals surface area contributed by atoms with Gasteiger partial charge >= 0.3 is 0 Å². The van der Waals surface area contributed by atoms with Crippen LogP contribution < -0.4 is 10.9 Å². The van der Waals surface area contributed by atoms with Crippen molar-refractivity contribution < 1.29 is 9.53 Å². The molecule has 0 saturated carbocycles. The monoisotopic (exact) mass is 389 g/mol. The standard InChI is InChI=1S/C22H35N3O3/c1-16-14-17(2)25(12-7-13-28-3)22(27)20(16)21(26)23-15-18-8-6-11-24-10-5-4-9-19(18)24/h14,18-19H,4-13,15H2,1-3H3,(H,23,26). The number of carbonyl (C=O) groups is 1. The lowest BCUT2D eigenvalue weighted by molar-refractivity contribution is 0.0575. The quantitative estimate of drug-likeness (QED) is 0.728. The molecular formula is C22H35N3O3. The Balaban J connectivity index is 1.69. The molecule has 0 spiro atoms. The number of amides is 1. The van der Waals surface area contributed by atoms with Gasteiger partial charge in [0.2, 0.25) is 0 Å². The molecule has 6 heteroatoms. The number of methoxy groups -OCH3 is 1. The number of hydrogen-bond acceptors (Lipinski definition) is 4. The highest BCUT2D eigenvalue weighted by Crippen LogP contribution is 2.30. The first-order chi connectivity index (χ1) is 13.5. The van der Waals surface area contributed by atoms with Crippen LogP contribution >= 0.6 is 0 Å². The van der Waals surface area contributed by atoms with Crippen molar-refractivity contribution in [1.29, 1.82) is 0 Å². The average molecular weight is 390 g/mol. The molecule has 28 heavy (non-hydrogen) atoms. The lowest BCUT2D eigenvalue weighted by Crippen LogP contribution is -2.51. The first-order valence-corrected chi connectivity index (χ1v) is 10.7. The van der Waals surface area contributed by atoms with Crippen LogP contribution in [0.4, 0.5) is 0 Å². The number of ether oxygens (including phenoxy) is 1. The summed E-state index contributed by atoms with van der Waals surface area (Å²) in [7, 11) is 1.66. The van der Waals surface area contributed by atoms with Crippen molar-refractivity contribution in [3.8, 4) is 0 Å². The molecule has 1 N–H and O–H groups in total. The van der Waals surface area contributed by atoms with Crippen LogP contribution in [0.2, 0.25) is 0 Å². The maximum atomic E-state index is 13.0. The lowest BCUT2D eigenvalue weighted by atomic mass is 9.83. The molecule has 2 atom stereocenters. The summed E-state index contributed by atoms with van der Waals surface area (Å²) in [6.07, 6.45) is 6.93. The van der Waals surface area contributed by atoms with Gasteiger partial charge in [0.1, 0.15) is 5.56 Å². The van der Waals surface area contributed by atoms with Gasteiger partial charge in [-0.05, 0) is 76.6 Å². The van der Waals surface area contributed by atoms with Gasteiger partial charge < -0.3 is 19.5 Å². The van der Waals surface area contributed by atoms with Gasteiger partial charge in [-0.25, -0.2) is 0 Å². The molecule has 1 aromatic heterocycles. The second kappa shape index (κ2) is 9.70. The fourth-order valence-corrected chi connectivity index (χ4v) is 4.98. The Morgan fingerprint density at radius 1 is 1.21 bits per heavy atom. The molecule has 1 amide bonds. The van der Waals surface area contributed by atoms with Gasteiger partial charge in [0.05, 0.1) is 0 Å². The third kappa shape index (κ3) is 4.66. The number of aromatic nitrogens is 1. The minimum Gasteiger partial charge on any atom is -0.385 e. The van der Waals surface area contributed by atoms with Crippen molar-refractivity contribution >= 4 is 5.91 Å². The third-order valence-electron chi connectivity index (χ3n) is 6.42. The first-order valence-electron chi connectivity index (χ1n) is 10.7. The summed E-state index contributed by atoms with van der Waals surface area (Å²) in [5.74, 6) is 0.267. The Bertz CT molecular complexity index is 741. The number of pyridine rings is 1. The molecule has 0 aliphatic carbocycles. The van der Waals surface area contributed by atoms with Crippen molar-refractivity contribution in [3.05, 3.63) is 33.2 Å². The zero-order valence-corrected chi connectivity index (χ0v) is 17.6. The van der Waals surface area contributed by atoms with E-state index in [1.807, 2.05) is 19.9 Å². The number of rotatable bonds is 7. The smallest absolute Gasteiger partial charge is 0.263 e. The van der Waals surface area contributed by atoms with E-state index in [2.05, 4.69) is 10.2 Å². The molecule has 2 unspecified atom stereocenters. The second-order valence-corrected chi connectivity index (χ2v) is 8.36. The van der Waals surface area contributed by atoms with Crippen LogP contribution in [0.15, 0.2) is 10.9 Å². The van der Waals surface area contributed by atoms with E-state index in [0.717, 1.165) is 24.1 Å². The predicted molar refractivity (Wildman–Crippen MR) is 111 cm³/mol. The van der Waals surface area contributed by atoms with Gasteiger partial charge in [-0.2, -0.15) is 0 Å². The van der Waals surface area contributed by atoms with Gasteiger partial charge in [0.15, 0.2) is 0 Å². The van der Waals surface area contributed by atoms with E-state index >= 15 is 0 Å². The molecular weight excluding hydrogens is 354 g/mol. The highest BCUT2D eigenvalue weighted by molar-refractivity contribution is 5.95. The van der Waals surface area contributed by atoms with Crippen molar-refractivity contribution in [2.75, 3.05) is 33.4 Å². The van der Waals surface area contributed by atoms with Crippen LogP contribution in [-0.2, 0) is 11.3 Å². The van der Waals surface area contributed by atoms with Crippen molar-refractivity contribution in [3.63, 3.8) is 0 Å². The summed E-state index contributed by atoms with van der Waals surface area (Å²) >= 11 is 0. The van der Waals surface area contributed by atoms with Gasteiger partial charge in [-0.3, -0.25) is 9.59 Å². The van der Waals surface area contributed by atoms with E-state index < -0.39 is 0 Å². The fraction of sp³-hybridized carbons (Fsp3) is 0.727. The average Bonchev–Trinajstić information content (AvgIpc) is 2.68. The number of nitrogens with zero attached hydrogens (tertiary/aromatic N) is 2. The van der Waals surface area contributed by atoms with Gasteiger partial charge in [0, 0.05) is 38.5 Å². The molecule has 2 aliphatic rings. The first kappa shape index (κ1) is 21.1. The molecule has 2 fully saturated rings. The number of hydrogen-bond donors (Lipinski definition) is 1. The fourth-order valence-electron chi connectivity index (χ4n) is 4.98. The molecule has 6 nitrogen and oxygen atoms in total. The zero-order chi connectivity index (χ0) is 20.1. The van der Waals surface area contributed by atoms with Crippen LogP contribution in [0.3, 0.4) is 0 Å². The van der Waals surface area contributed by atoms with Crippen LogP contribution in [-0.4, -0.2) is 54.8 Å². The minimum atomic E-state index is -0.226. The zero-order valence-electron chi connectivity index (χ0n) is 17.6. The topological polar surface area (TPSA) is 63.6 Å². The summed E-state index contributed by atoms with van der Waals surface area (Å²) in [5.41, 5.74) is 1.75. The Labute approximate surface area is 168 Å². The summed E-state index contributed by atoms with van der Waals surface area (Å²) in [4.78, 5) is 28.5. The van der Waals surface area contributed by atoms with Gasteiger partial charge in [0.25, 0.3) is 11.5 Å². The Kier molecular flexibility index (Phi) is 7.30. The molecule has 2 aliphatic heterocycles. The van der Waals surface area contributed by atoms with Gasteiger partial charge in [-0.15, -0.1) is 0 Å². The SMILES string of the molecule is COCCCn1c(C)cc(C)c(C(=O)NCC2CCCN3CCCCC23)c1=O. The van der Waals surface area contributed by atoms with Gasteiger partial charge in [-0.1, -0.05) is 6.42 Å². The molecule has 0 bridgehead atoms. The van der Waals surface area contributed by atoms with E-state index in [4.69, 9.17) is 4.74 Å². The van der Waals surface area contributed by atoms with Crippen LogP contribution in [0, 0.1) is 19.8 Å². The molecule has 0 aromatic carbocycles. The Morgan fingerprint density at radius 2 is 2.00 bits per heavy atom. The van der Waals surface area contributed by atoms with Crippen molar-refractivity contribution in [2.24, 2.45) is 5.92 Å². The third-order valence-corrected chi connectivity index (χ3v) is 6.42.